The minimum atomic E-state index is -0.295. The van der Waals surface area contributed by atoms with Gasteiger partial charge < -0.3 is 5.32 Å². The minimum absolute atomic E-state index is 0.295. The second-order valence-electron chi connectivity index (χ2n) is 5.32. The Kier molecular flexibility index (Phi) is 3.63. The van der Waals surface area contributed by atoms with Crippen LogP contribution in [0.2, 0.25) is 0 Å². The van der Waals surface area contributed by atoms with E-state index in [2.05, 4.69) is 20.4 Å². The van der Waals surface area contributed by atoms with Crippen molar-refractivity contribution in [3.63, 3.8) is 0 Å². The van der Waals surface area contributed by atoms with E-state index in [0.29, 0.717) is 29.3 Å². The molecular formula is C18H14FN5. The molecule has 0 spiro atoms. The molecule has 0 amide bonds. The van der Waals surface area contributed by atoms with E-state index in [0.717, 1.165) is 5.56 Å². The molecule has 0 aliphatic heterocycles. The van der Waals surface area contributed by atoms with Gasteiger partial charge in [0, 0.05) is 24.5 Å². The molecule has 0 fully saturated rings. The number of hydrogen-bond donors (Lipinski definition) is 1. The molecule has 24 heavy (non-hydrogen) atoms. The van der Waals surface area contributed by atoms with Crippen LogP contribution in [-0.2, 0) is 6.54 Å². The van der Waals surface area contributed by atoms with Gasteiger partial charge in [0.2, 0.25) is 0 Å². The molecule has 6 heteroatoms. The molecule has 118 valence electrons. The fourth-order valence-corrected chi connectivity index (χ4v) is 2.51. The molecule has 0 aliphatic carbocycles. The third-order valence-electron chi connectivity index (χ3n) is 3.74. The molecule has 0 atom stereocenters. The Bertz CT molecular complexity index is 981. The van der Waals surface area contributed by atoms with Gasteiger partial charge in [-0.1, -0.05) is 12.1 Å². The summed E-state index contributed by atoms with van der Waals surface area (Å²) in [6.07, 6.45) is 5.13. The Labute approximate surface area is 137 Å². The molecular weight excluding hydrogens is 305 g/mol. The third kappa shape index (κ3) is 2.69. The van der Waals surface area contributed by atoms with Crippen molar-refractivity contribution in [2.24, 2.45) is 0 Å². The van der Waals surface area contributed by atoms with Crippen LogP contribution in [0.4, 0.5) is 10.2 Å². The highest BCUT2D eigenvalue weighted by atomic mass is 19.1. The standard InChI is InChI=1S/C18H14FN5/c19-15-4-2-1-3-14(15)16-12-22-18-6-5-17(23-24(16)18)21-11-13-7-9-20-10-8-13/h1-10,12H,11H2,(H,21,23). The Morgan fingerprint density at radius 1 is 1.00 bits per heavy atom. The summed E-state index contributed by atoms with van der Waals surface area (Å²) >= 11 is 0. The number of aromatic nitrogens is 4. The molecule has 5 nitrogen and oxygen atoms in total. The highest BCUT2D eigenvalue weighted by molar-refractivity contribution is 5.64. The summed E-state index contributed by atoms with van der Waals surface area (Å²) in [6, 6.07) is 14.2. The zero-order chi connectivity index (χ0) is 16.4. The number of hydrogen-bond acceptors (Lipinski definition) is 4. The molecule has 0 radical (unpaired) electrons. The van der Waals surface area contributed by atoms with E-state index >= 15 is 0 Å². The van der Waals surface area contributed by atoms with Gasteiger partial charge in [-0.05, 0) is 42.0 Å². The number of rotatable bonds is 4. The highest BCUT2D eigenvalue weighted by Crippen LogP contribution is 2.23. The van der Waals surface area contributed by atoms with Crippen LogP contribution in [0.1, 0.15) is 5.56 Å². The second kappa shape index (κ2) is 6.08. The van der Waals surface area contributed by atoms with Crippen LogP contribution in [0.25, 0.3) is 16.9 Å². The summed E-state index contributed by atoms with van der Waals surface area (Å²) < 4.78 is 15.7. The maximum atomic E-state index is 14.1. The summed E-state index contributed by atoms with van der Waals surface area (Å²) in [5.41, 5.74) is 2.87. The average Bonchev–Trinajstić information content (AvgIpc) is 3.04. The molecule has 1 aromatic carbocycles. The van der Waals surface area contributed by atoms with Crippen molar-refractivity contribution in [2.75, 3.05) is 5.32 Å². The van der Waals surface area contributed by atoms with Gasteiger partial charge in [-0.2, -0.15) is 0 Å². The van der Waals surface area contributed by atoms with E-state index in [-0.39, 0.29) is 5.82 Å². The third-order valence-corrected chi connectivity index (χ3v) is 3.74. The molecule has 0 saturated heterocycles. The van der Waals surface area contributed by atoms with Crippen molar-refractivity contribution in [3.05, 3.63) is 78.5 Å². The predicted molar refractivity (Wildman–Crippen MR) is 89.9 cm³/mol. The summed E-state index contributed by atoms with van der Waals surface area (Å²) in [4.78, 5) is 8.29. The van der Waals surface area contributed by atoms with Crippen LogP contribution in [-0.4, -0.2) is 19.6 Å². The zero-order valence-electron chi connectivity index (χ0n) is 12.7. The zero-order valence-corrected chi connectivity index (χ0v) is 12.7. The summed E-state index contributed by atoms with van der Waals surface area (Å²) in [5, 5.41) is 7.78. The highest BCUT2D eigenvalue weighted by Gasteiger charge is 2.11. The molecule has 4 aromatic rings. The van der Waals surface area contributed by atoms with Crippen molar-refractivity contribution in [1.29, 1.82) is 0 Å². The Balaban J connectivity index is 1.67. The van der Waals surface area contributed by atoms with E-state index in [4.69, 9.17) is 0 Å². The molecule has 3 aromatic heterocycles. The van der Waals surface area contributed by atoms with Gasteiger partial charge in [0.1, 0.15) is 11.6 Å². The molecule has 1 N–H and O–H groups in total. The molecule has 4 rings (SSSR count). The van der Waals surface area contributed by atoms with Crippen LogP contribution < -0.4 is 5.32 Å². The number of anilines is 1. The largest absolute Gasteiger partial charge is 0.365 e. The van der Waals surface area contributed by atoms with Crippen LogP contribution in [0.3, 0.4) is 0 Å². The topological polar surface area (TPSA) is 55.1 Å². The van der Waals surface area contributed by atoms with Crippen LogP contribution in [0.5, 0.6) is 0 Å². The minimum Gasteiger partial charge on any atom is -0.365 e. The maximum absolute atomic E-state index is 14.1. The number of fused-ring (bicyclic) bond motifs is 1. The lowest BCUT2D eigenvalue weighted by Crippen LogP contribution is -2.05. The van der Waals surface area contributed by atoms with Gasteiger partial charge in [-0.25, -0.2) is 13.9 Å². The number of imidazole rings is 1. The van der Waals surface area contributed by atoms with Crippen molar-refractivity contribution in [2.45, 2.75) is 6.54 Å². The first kappa shape index (κ1) is 14.3. The number of nitrogens with one attached hydrogen (secondary N) is 1. The molecule has 0 saturated carbocycles. The SMILES string of the molecule is Fc1ccccc1-c1cnc2ccc(NCc3ccncc3)nn12. The first-order chi connectivity index (χ1) is 11.8. The van der Waals surface area contributed by atoms with Crippen LogP contribution >= 0.6 is 0 Å². The lowest BCUT2D eigenvalue weighted by molar-refractivity contribution is 0.630. The van der Waals surface area contributed by atoms with Crippen molar-refractivity contribution in [1.82, 2.24) is 19.6 Å². The van der Waals surface area contributed by atoms with Crippen molar-refractivity contribution in [3.8, 4) is 11.3 Å². The first-order valence-corrected chi connectivity index (χ1v) is 7.54. The maximum Gasteiger partial charge on any atom is 0.154 e. The Hall–Kier alpha value is -3.28. The van der Waals surface area contributed by atoms with Crippen molar-refractivity contribution < 1.29 is 4.39 Å². The summed E-state index contributed by atoms with van der Waals surface area (Å²) in [6.45, 7) is 0.630. The Morgan fingerprint density at radius 3 is 2.67 bits per heavy atom. The normalized spacial score (nSPS) is 10.9. The monoisotopic (exact) mass is 319 g/mol. The fourth-order valence-electron chi connectivity index (χ4n) is 2.51. The summed E-state index contributed by atoms with van der Waals surface area (Å²) in [7, 11) is 0. The smallest absolute Gasteiger partial charge is 0.154 e. The second-order valence-corrected chi connectivity index (χ2v) is 5.32. The molecule has 3 heterocycles. The van der Waals surface area contributed by atoms with Gasteiger partial charge in [-0.3, -0.25) is 4.98 Å². The fraction of sp³-hybridized carbons (Fsp3) is 0.0556. The van der Waals surface area contributed by atoms with Gasteiger partial charge in [-0.15, -0.1) is 5.10 Å². The predicted octanol–water partition coefficient (Wildman–Crippen LogP) is 3.54. The van der Waals surface area contributed by atoms with Crippen molar-refractivity contribution >= 4 is 11.5 Å². The first-order valence-electron chi connectivity index (χ1n) is 7.54. The lowest BCUT2D eigenvalue weighted by atomic mass is 10.1. The van der Waals surface area contributed by atoms with Gasteiger partial charge >= 0.3 is 0 Å². The number of halogens is 1. The van der Waals surface area contributed by atoms with E-state index in [1.54, 1.807) is 41.3 Å². The lowest BCUT2D eigenvalue weighted by Gasteiger charge is -2.07. The van der Waals surface area contributed by atoms with Crippen LogP contribution in [0, 0.1) is 5.82 Å². The van der Waals surface area contributed by atoms with Crippen LogP contribution in [0.15, 0.2) is 67.1 Å². The molecule has 0 aliphatic rings. The van der Waals surface area contributed by atoms with Gasteiger partial charge in [0.25, 0.3) is 0 Å². The molecule has 0 bridgehead atoms. The van der Waals surface area contributed by atoms with E-state index in [1.165, 1.54) is 6.07 Å². The molecule has 0 unspecified atom stereocenters. The van der Waals surface area contributed by atoms with E-state index in [9.17, 15) is 4.39 Å². The number of pyridine rings is 1. The number of benzene rings is 1. The quantitative estimate of drug-likeness (QED) is 0.625. The van der Waals surface area contributed by atoms with E-state index < -0.39 is 0 Å². The summed E-state index contributed by atoms with van der Waals surface area (Å²) in [5.74, 6) is 0.395. The Morgan fingerprint density at radius 2 is 1.83 bits per heavy atom. The average molecular weight is 319 g/mol. The van der Waals surface area contributed by atoms with Gasteiger partial charge in [0.15, 0.2) is 5.65 Å². The van der Waals surface area contributed by atoms with E-state index in [1.807, 2.05) is 24.3 Å². The van der Waals surface area contributed by atoms with Gasteiger partial charge in [0.05, 0.1) is 11.9 Å². The number of nitrogens with zero attached hydrogens (tertiary/aromatic N) is 4.